The normalized spacial score (nSPS) is 17.6. The first-order valence-electron chi connectivity index (χ1n) is 9.73. The monoisotopic (exact) mass is 425 g/mol. The summed E-state index contributed by atoms with van der Waals surface area (Å²) in [5.74, 6) is 0.106. The van der Waals surface area contributed by atoms with Crippen LogP contribution >= 0.6 is 23.2 Å². The maximum Gasteiger partial charge on any atom is 0.251 e. The number of halogens is 2. The molecule has 0 bridgehead atoms. The van der Waals surface area contributed by atoms with Crippen molar-refractivity contribution < 1.29 is 14.4 Å². The Labute approximate surface area is 175 Å². The summed E-state index contributed by atoms with van der Waals surface area (Å²) < 4.78 is 0. The second-order valence-electron chi connectivity index (χ2n) is 7.43. The van der Waals surface area contributed by atoms with E-state index in [9.17, 15) is 14.4 Å². The number of rotatable bonds is 5. The third-order valence-corrected chi connectivity index (χ3v) is 6.21. The molecule has 0 aliphatic carbocycles. The van der Waals surface area contributed by atoms with Crippen LogP contribution in [-0.2, 0) is 9.59 Å². The van der Waals surface area contributed by atoms with Gasteiger partial charge in [-0.1, -0.05) is 23.2 Å². The Kier molecular flexibility index (Phi) is 7.18. The fraction of sp³-hybridized carbons (Fsp3) is 0.550. The lowest BCUT2D eigenvalue weighted by molar-refractivity contribution is -0.133. The van der Waals surface area contributed by atoms with Crippen LogP contribution in [-0.4, -0.2) is 60.2 Å². The van der Waals surface area contributed by atoms with Crippen LogP contribution in [0.5, 0.6) is 0 Å². The van der Waals surface area contributed by atoms with E-state index in [1.54, 1.807) is 17.0 Å². The lowest BCUT2D eigenvalue weighted by Crippen LogP contribution is -2.44. The first-order chi connectivity index (χ1) is 13.4. The molecule has 0 aromatic heterocycles. The maximum atomic E-state index is 12.4. The summed E-state index contributed by atoms with van der Waals surface area (Å²) in [7, 11) is 0. The number of likely N-dealkylation sites (tertiary alicyclic amines) is 2. The van der Waals surface area contributed by atoms with Crippen LogP contribution < -0.4 is 5.32 Å². The molecule has 0 saturated carbocycles. The molecule has 1 aromatic rings. The van der Waals surface area contributed by atoms with E-state index in [2.05, 4.69) is 5.32 Å². The fourth-order valence-electron chi connectivity index (χ4n) is 3.74. The van der Waals surface area contributed by atoms with Crippen LogP contribution in [0.15, 0.2) is 18.2 Å². The van der Waals surface area contributed by atoms with Crippen molar-refractivity contribution in [3.8, 4) is 0 Å². The molecule has 3 amide bonds. The van der Waals surface area contributed by atoms with Crippen LogP contribution in [0.2, 0.25) is 10.0 Å². The number of carbonyl (C=O) groups is 3. The Morgan fingerprint density at radius 2 is 1.57 bits per heavy atom. The van der Waals surface area contributed by atoms with Crippen LogP contribution in [0.4, 0.5) is 0 Å². The molecular weight excluding hydrogens is 401 g/mol. The van der Waals surface area contributed by atoms with E-state index < -0.39 is 0 Å². The van der Waals surface area contributed by atoms with Crippen molar-refractivity contribution in [3.63, 3.8) is 0 Å². The average Bonchev–Trinajstić information content (AvgIpc) is 3.23. The Morgan fingerprint density at radius 1 is 0.929 bits per heavy atom. The van der Waals surface area contributed by atoms with Gasteiger partial charge in [0.05, 0.1) is 16.6 Å². The molecule has 0 spiro atoms. The summed E-state index contributed by atoms with van der Waals surface area (Å²) >= 11 is 11.8. The summed E-state index contributed by atoms with van der Waals surface area (Å²) in [6.07, 6.45) is 4.44. The molecule has 2 fully saturated rings. The number of benzene rings is 1. The minimum atomic E-state index is -0.363. The molecule has 6 nitrogen and oxygen atoms in total. The number of carbonyl (C=O) groups excluding carboxylic acids is 3. The minimum Gasteiger partial charge on any atom is -0.343 e. The third kappa shape index (κ3) is 5.39. The number of piperidine rings is 1. The predicted molar refractivity (Wildman–Crippen MR) is 109 cm³/mol. The van der Waals surface area contributed by atoms with Crippen molar-refractivity contribution in [2.45, 2.75) is 32.1 Å². The van der Waals surface area contributed by atoms with E-state index in [1.165, 1.54) is 6.07 Å². The van der Waals surface area contributed by atoms with Gasteiger partial charge in [-0.2, -0.15) is 0 Å². The lowest BCUT2D eigenvalue weighted by Gasteiger charge is -2.32. The molecule has 152 valence electrons. The van der Waals surface area contributed by atoms with E-state index >= 15 is 0 Å². The zero-order chi connectivity index (χ0) is 20.1. The third-order valence-electron chi connectivity index (χ3n) is 5.47. The Bertz CT molecular complexity index is 742. The van der Waals surface area contributed by atoms with E-state index in [1.807, 2.05) is 4.90 Å². The molecule has 0 atom stereocenters. The summed E-state index contributed by atoms with van der Waals surface area (Å²) in [4.78, 5) is 40.5. The van der Waals surface area contributed by atoms with Gasteiger partial charge in [-0.05, 0) is 49.8 Å². The van der Waals surface area contributed by atoms with Crippen molar-refractivity contribution in [3.05, 3.63) is 33.8 Å². The molecule has 1 aromatic carbocycles. The summed E-state index contributed by atoms with van der Waals surface area (Å²) in [5.41, 5.74) is 0.362. The fourth-order valence-corrected chi connectivity index (χ4v) is 4.03. The van der Waals surface area contributed by atoms with Gasteiger partial charge in [0.1, 0.15) is 0 Å². The van der Waals surface area contributed by atoms with Gasteiger partial charge in [-0.3, -0.25) is 14.4 Å². The number of nitrogens with zero attached hydrogens (tertiary/aromatic N) is 2. The molecule has 3 rings (SSSR count). The highest BCUT2D eigenvalue weighted by Crippen LogP contribution is 2.23. The minimum absolute atomic E-state index is 0.0591. The van der Waals surface area contributed by atoms with Gasteiger partial charge in [0, 0.05) is 38.2 Å². The van der Waals surface area contributed by atoms with Gasteiger partial charge in [-0.15, -0.1) is 0 Å². The molecule has 0 radical (unpaired) electrons. The molecule has 2 heterocycles. The SMILES string of the molecule is O=C(NCC(=O)N1CCC(CC(=O)N2CCCC2)CC1)c1ccc(Cl)c(Cl)c1. The zero-order valence-electron chi connectivity index (χ0n) is 15.8. The summed E-state index contributed by atoms with van der Waals surface area (Å²) in [6, 6.07) is 4.60. The second-order valence-corrected chi connectivity index (χ2v) is 8.24. The van der Waals surface area contributed by atoms with Gasteiger partial charge >= 0.3 is 0 Å². The Hall–Kier alpha value is -1.79. The van der Waals surface area contributed by atoms with E-state index in [0.717, 1.165) is 38.8 Å². The van der Waals surface area contributed by atoms with Gasteiger partial charge in [-0.25, -0.2) is 0 Å². The smallest absolute Gasteiger partial charge is 0.251 e. The molecule has 1 N–H and O–H groups in total. The summed E-state index contributed by atoms with van der Waals surface area (Å²) in [6.45, 7) is 2.96. The van der Waals surface area contributed by atoms with Gasteiger partial charge in [0.2, 0.25) is 11.8 Å². The second kappa shape index (κ2) is 9.61. The maximum absolute atomic E-state index is 12.4. The number of hydrogen-bond donors (Lipinski definition) is 1. The highest BCUT2D eigenvalue weighted by Gasteiger charge is 2.27. The van der Waals surface area contributed by atoms with Gasteiger partial charge < -0.3 is 15.1 Å². The number of amides is 3. The molecule has 8 heteroatoms. The first-order valence-corrected chi connectivity index (χ1v) is 10.5. The Morgan fingerprint density at radius 3 is 2.21 bits per heavy atom. The number of hydrogen-bond acceptors (Lipinski definition) is 3. The number of nitrogens with one attached hydrogen (secondary N) is 1. The molecule has 2 saturated heterocycles. The van der Waals surface area contributed by atoms with Gasteiger partial charge in [0.25, 0.3) is 5.91 Å². The summed E-state index contributed by atoms with van der Waals surface area (Å²) in [5, 5.41) is 3.30. The van der Waals surface area contributed by atoms with Crippen molar-refractivity contribution in [2.24, 2.45) is 5.92 Å². The molecule has 0 unspecified atom stereocenters. The van der Waals surface area contributed by atoms with Gasteiger partial charge in [0.15, 0.2) is 0 Å². The van der Waals surface area contributed by atoms with Crippen LogP contribution in [0.1, 0.15) is 42.5 Å². The van der Waals surface area contributed by atoms with Crippen molar-refractivity contribution >= 4 is 40.9 Å². The molecule has 2 aliphatic heterocycles. The molecular formula is C20H25Cl2N3O3. The topological polar surface area (TPSA) is 69.7 Å². The standard InChI is InChI=1S/C20H25Cl2N3O3/c21-16-4-3-15(12-17(16)22)20(28)23-13-19(27)25-9-5-14(6-10-25)11-18(26)24-7-1-2-8-24/h3-4,12,14H,1-2,5-11,13H2,(H,23,28). The van der Waals surface area contributed by atoms with Crippen molar-refractivity contribution in [1.82, 2.24) is 15.1 Å². The largest absolute Gasteiger partial charge is 0.343 e. The molecule has 2 aliphatic rings. The average molecular weight is 426 g/mol. The van der Waals surface area contributed by atoms with Crippen molar-refractivity contribution in [1.29, 1.82) is 0 Å². The first kappa shape index (κ1) is 20.9. The highest BCUT2D eigenvalue weighted by molar-refractivity contribution is 6.42. The van der Waals surface area contributed by atoms with Crippen LogP contribution in [0.3, 0.4) is 0 Å². The van der Waals surface area contributed by atoms with E-state index in [0.29, 0.717) is 41.0 Å². The van der Waals surface area contributed by atoms with Crippen molar-refractivity contribution in [2.75, 3.05) is 32.7 Å². The van der Waals surface area contributed by atoms with Crippen LogP contribution in [0.25, 0.3) is 0 Å². The van der Waals surface area contributed by atoms with Crippen LogP contribution in [0, 0.1) is 5.92 Å². The Balaban J connectivity index is 1.40. The lowest BCUT2D eigenvalue weighted by atomic mass is 9.93. The highest BCUT2D eigenvalue weighted by atomic mass is 35.5. The van der Waals surface area contributed by atoms with E-state index in [-0.39, 0.29) is 24.3 Å². The quantitative estimate of drug-likeness (QED) is 0.787. The zero-order valence-corrected chi connectivity index (χ0v) is 17.3. The molecule has 28 heavy (non-hydrogen) atoms. The predicted octanol–water partition coefficient (Wildman–Crippen LogP) is 2.97. The van der Waals surface area contributed by atoms with E-state index in [4.69, 9.17) is 23.2 Å².